The zero-order valence-corrected chi connectivity index (χ0v) is 12.5. The van der Waals surface area contributed by atoms with Crippen molar-refractivity contribution in [1.29, 1.82) is 5.26 Å². The number of nitriles is 1. The molecule has 20 heavy (non-hydrogen) atoms. The fraction of sp³-hybridized carbons (Fsp3) is 0.312. The molecule has 0 aliphatic carbocycles. The fourth-order valence-electron chi connectivity index (χ4n) is 2.34. The third-order valence-electron chi connectivity index (χ3n) is 3.61. The number of rotatable bonds is 4. The van der Waals surface area contributed by atoms with Crippen LogP contribution in [0.25, 0.3) is 0 Å². The summed E-state index contributed by atoms with van der Waals surface area (Å²) in [6.07, 6.45) is 1.66. The van der Waals surface area contributed by atoms with Crippen molar-refractivity contribution < 1.29 is 0 Å². The van der Waals surface area contributed by atoms with Gasteiger partial charge in [-0.1, -0.05) is 30.7 Å². The van der Waals surface area contributed by atoms with Crippen LogP contribution in [0.15, 0.2) is 30.3 Å². The first-order chi connectivity index (χ1) is 9.56. The lowest BCUT2D eigenvalue weighted by Crippen LogP contribution is -2.11. The van der Waals surface area contributed by atoms with Gasteiger partial charge in [0.05, 0.1) is 5.69 Å². The van der Waals surface area contributed by atoms with E-state index in [0.717, 1.165) is 22.7 Å². The van der Waals surface area contributed by atoms with Crippen LogP contribution in [0.1, 0.15) is 43.3 Å². The van der Waals surface area contributed by atoms with Crippen LogP contribution in [0.2, 0.25) is 5.02 Å². The maximum atomic E-state index is 9.26. The van der Waals surface area contributed by atoms with Crippen molar-refractivity contribution in [3.8, 4) is 6.07 Å². The standard InChI is InChI=1S/C16H18ClN3/c1-3-11(2)20-14(10-18)9-15(19)16(20)8-12-4-6-13(17)7-5-12/h4-7,9,11H,3,8,19H2,1-2H3. The van der Waals surface area contributed by atoms with E-state index in [0.29, 0.717) is 17.8 Å². The van der Waals surface area contributed by atoms with E-state index in [-0.39, 0.29) is 6.04 Å². The normalized spacial score (nSPS) is 12.1. The van der Waals surface area contributed by atoms with Crippen LogP contribution >= 0.6 is 11.6 Å². The van der Waals surface area contributed by atoms with E-state index in [1.807, 2.05) is 28.8 Å². The largest absolute Gasteiger partial charge is 0.397 e. The number of aromatic nitrogens is 1. The third kappa shape index (κ3) is 2.81. The van der Waals surface area contributed by atoms with Gasteiger partial charge in [0, 0.05) is 23.2 Å². The molecule has 1 aromatic heterocycles. The molecule has 0 saturated carbocycles. The Morgan fingerprint density at radius 1 is 1.35 bits per heavy atom. The van der Waals surface area contributed by atoms with Crippen molar-refractivity contribution in [2.24, 2.45) is 0 Å². The molecule has 1 aromatic carbocycles. The van der Waals surface area contributed by atoms with Gasteiger partial charge in [-0.2, -0.15) is 5.26 Å². The predicted molar refractivity (Wildman–Crippen MR) is 82.8 cm³/mol. The zero-order valence-electron chi connectivity index (χ0n) is 11.7. The summed E-state index contributed by atoms with van der Waals surface area (Å²) in [6.45, 7) is 4.21. The smallest absolute Gasteiger partial charge is 0.122 e. The lowest BCUT2D eigenvalue weighted by atomic mass is 10.1. The first kappa shape index (κ1) is 14.5. The molecular weight excluding hydrogens is 270 g/mol. The Kier molecular flexibility index (Phi) is 4.36. The van der Waals surface area contributed by atoms with Crippen LogP contribution in [0, 0.1) is 11.3 Å². The minimum absolute atomic E-state index is 0.254. The van der Waals surface area contributed by atoms with E-state index in [1.54, 1.807) is 6.07 Å². The highest BCUT2D eigenvalue weighted by Crippen LogP contribution is 2.27. The Morgan fingerprint density at radius 3 is 2.55 bits per heavy atom. The Morgan fingerprint density at radius 2 is 2.00 bits per heavy atom. The summed E-state index contributed by atoms with van der Waals surface area (Å²) in [5.41, 5.74) is 9.52. The highest BCUT2D eigenvalue weighted by molar-refractivity contribution is 6.30. The minimum Gasteiger partial charge on any atom is -0.397 e. The molecule has 104 valence electrons. The molecular formula is C16H18ClN3. The van der Waals surface area contributed by atoms with E-state index >= 15 is 0 Å². The number of halogens is 1. The Hall–Kier alpha value is -1.92. The number of hydrogen-bond acceptors (Lipinski definition) is 2. The number of hydrogen-bond donors (Lipinski definition) is 1. The SMILES string of the molecule is CCC(C)n1c(C#N)cc(N)c1Cc1ccc(Cl)cc1. The number of nitrogen functional groups attached to an aromatic ring is 1. The first-order valence-electron chi connectivity index (χ1n) is 6.71. The molecule has 0 aliphatic rings. The molecule has 0 spiro atoms. The van der Waals surface area contributed by atoms with Gasteiger partial charge in [0.25, 0.3) is 0 Å². The van der Waals surface area contributed by atoms with E-state index < -0.39 is 0 Å². The van der Waals surface area contributed by atoms with Gasteiger partial charge in [0.2, 0.25) is 0 Å². The summed E-state index contributed by atoms with van der Waals surface area (Å²) >= 11 is 5.90. The summed E-state index contributed by atoms with van der Waals surface area (Å²) in [5.74, 6) is 0. The number of benzene rings is 1. The highest BCUT2D eigenvalue weighted by Gasteiger charge is 2.17. The quantitative estimate of drug-likeness (QED) is 0.918. The van der Waals surface area contributed by atoms with Crippen molar-refractivity contribution in [3.05, 3.63) is 52.3 Å². The van der Waals surface area contributed by atoms with Gasteiger partial charge >= 0.3 is 0 Å². The zero-order chi connectivity index (χ0) is 14.7. The van der Waals surface area contributed by atoms with Crippen molar-refractivity contribution in [2.45, 2.75) is 32.7 Å². The maximum absolute atomic E-state index is 9.26. The molecule has 0 amide bonds. The van der Waals surface area contributed by atoms with Gasteiger partial charge in [-0.05, 0) is 37.1 Å². The third-order valence-corrected chi connectivity index (χ3v) is 3.86. The summed E-state index contributed by atoms with van der Waals surface area (Å²) in [5, 5.41) is 9.98. The summed E-state index contributed by atoms with van der Waals surface area (Å²) < 4.78 is 2.05. The second kappa shape index (κ2) is 6.02. The van der Waals surface area contributed by atoms with Crippen LogP contribution < -0.4 is 5.73 Å². The monoisotopic (exact) mass is 287 g/mol. The molecule has 2 rings (SSSR count). The van der Waals surface area contributed by atoms with Crippen LogP contribution in [0.5, 0.6) is 0 Å². The molecule has 1 heterocycles. The van der Waals surface area contributed by atoms with Gasteiger partial charge in [0.15, 0.2) is 0 Å². The molecule has 2 N–H and O–H groups in total. The number of anilines is 1. The van der Waals surface area contributed by atoms with Crippen molar-refractivity contribution in [3.63, 3.8) is 0 Å². The topological polar surface area (TPSA) is 54.7 Å². The number of nitrogens with two attached hydrogens (primary N) is 1. The van der Waals surface area contributed by atoms with Gasteiger partial charge in [0.1, 0.15) is 11.8 Å². The van der Waals surface area contributed by atoms with E-state index in [1.165, 1.54) is 0 Å². The van der Waals surface area contributed by atoms with Crippen LogP contribution in [-0.2, 0) is 6.42 Å². The van der Waals surface area contributed by atoms with Gasteiger partial charge in [-0.15, -0.1) is 0 Å². The average Bonchev–Trinajstić information content (AvgIpc) is 2.77. The van der Waals surface area contributed by atoms with Gasteiger partial charge < -0.3 is 10.3 Å². The number of nitrogens with zero attached hydrogens (tertiary/aromatic N) is 2. The molecule has 2 aromatic rings. The average molecular weight is 288 g/mol. The molecule has 0 radical (unpaired) electrons. The molecule has 0 saturated heterocycles. The van der Waals surface area contributed by atoms with Gasteiger partial charge in [-0.25, -0.2) is 0 Å². The predicted octanol–water partition coefficient (Wildman–Crippen LogP) is 4.16. The Labute approximate surface area is 124 Å². The van der Waals surface area contributed by atoms with Crippen LogP contribution in [0.3, 0.4) is 0 Å². The first-order valence-corrected chi connectivity index (χ1v) is 7.08. The molecule has 0 aliphatic heterocycles. The summed E-state index contributed by atoms with van der Waals surface area (Å²) in [6, 6.07) is 12.0. The molecule has 1 unspecified atom stereocenters. The van der Waals surface area contributed by atoms with E-state index in [9.17, 15) is 5.26 Å². The van der Waals surface area contributed by atoms with Gasteiger partial charge in [-0.3, -0.25) is 0 Å². The second-order valence-electron chi connectivity index (χ2n) is 4.97. The van der Waals surface area contributed by atoms with Crippen molar-refractivity contribution >= 4 is 17.3 Å². The summed E-state index contributed by atoms with van der Waals surface area (Å²) in [4.78, 5) is 0. The van der Waals surface area contributed by atoms with Crippen LogP contribution in [-0.4, -0.2) is 4.57 Å². The highest BCUT2D eigenvalue weighted by atomic mass is 35.5. The lowest BCUT2D eigenvalue weighted by molar-refractivity contribution is 0.514. The van der Waals surface area contributed by atoms with Crippen LogP contribution in [0.4, 0.5) is 5.69 Å². The van der Waals surface area contributed by atoms with E-state index in [2.05, 4.69) is 19.9 Å². The lowest BCUT2D eigenvalue weighted by Gasteiger charge is -2.17. The second-order valence-corrected chi connectivity index (χ2v) is 5.41. The molecule has 0 fully saturated rings. The maximum Gasteiger partial charge on any atom is 0.122 e. The van der Waals surface area contributed by atoms with Crippen molar-refractivity contribution in [1.82, 2.24) is 4.57 Å². The Bertz CT molecular complexity index is 635. The molecule has 3 nitrogen and oxygen atoms in total. The van der Waals surface area contributed by atoms with Crippen molar-refractivity contribution in [2.75, 3.05) is 5.73 Å². The van der Waals surface area contributed by atoms with E-state index in [4.69, 9.17) is 17.3 Å². The minimum atomic E-state index is 0.254. The molecule has 4 heteroatoms. The molecule has 0 bridgehead atoms. The summed E-state index contributed by atoms with van der Waals surface area (Å²) in [7, 11) is 0. The Balaban J connectivity index is 2.43. The molecule has 1 atom stereocenters. The fourth-order valence-corrected chi connectivity index (χ4v) is 2.47.